The lowest BCUT2D eigenvalue weighted by molar-refractivity contribution is 0.451. The van der Waals surface area contributed by atoms with Crippen molar-refractivity contribution in [1.29, 1.82) is 0 Å². The van der Waals surface area contributed by atoms with Gasteiger partial charge in [-0.1, -0.05) is 19.4 Å². The molecule has 18 heavy (non-hydrogen) atoms. The topological polar surface area (TPSA) is 60.7 Å². The monoisotopic (exact) mass is 244 g/mol. The third kappa shape index (κ3) is 2.56. The molecule has 0 saturated carbocycles. The fourth-order valence-electron chi connectivity index (χ4n) is 2.01. The predicted octanol–water partition coefficient (Wildman–Crippen LogP) is 3.42. The van der Waals surface area contributed by atoms with Crippen LogP contribution in [0.5, 0.6) is 17.2 Å². The molecule has 0 bridgehead atoms. The van der Waals surface area contributed by atoms with Crippen molar-refractivity contribution in [2.75, 3.05) is 0 Å². The molecule has 0 heterocycles. The number of phenolic OH excluding ortho intramolecular Hbond substituents is 3. The van der Waals surface area contributed by atoms with Crippen molar-refractivity contribution in [2.24, 2.45) is 0 Å². The molecule has 0 aliphatic heterocycles. The lowest BCUT2D eigenvalue weighted by Crippen LogP contribution is -1.86. The van der Waals surface area contributed by atoms with E-state index in [1.54, 1.807) is 6.07 Å². The van der Waals surface area contributed by atoms with E-state index in [0.29, 0.717) is 11.1 Å². The van der Waals surface area contributed by atoms with Crippen LogP contribution in [0, 0.1) is 0 Å². The molecule has 3 N–H and O–H groups in total. The molecule has 94 valence electrons. The number of aryl methyl sites for hydroxylation is 1. The van der Waals surface area contributed by atoms with Crippen LogP contribution in [-0.4, -0.2) is 15.3 Å². The second-order valence-corrected chi connectivity index (χ2v) is 4.34. The molecule has 0 spiro atoms. The van der Waals surface area contributed by atoms with Gasteiger partial charge in [-0.15, -0.1) is 0 Å². The highest BCUT2D eigenvalue weighted by molar-refractivity contribution is 5.73. The van der Waals surface area contributed by atoms with Gasteiger partial charge in [0, 0.05) is 11.6 Å². The summed E-state index contributed by atoms with van der Waals surface area (Å²) in [6.45, 7) is 2.09. The molecule has 2 rings (SSSR count). The predicted molar refractivity (Wildman–Crippen MR) is 70.9 cm³/mol. The Morgan fingerprint density at radius 1 is 0.889 bits per heavy atom. The first-order chi connectivity index (χ1) is 8.60. The molecule has 0 saturated heterocycles. The molecule has 0 atom stereocenters. The number of phenols is 3. The number of benzene rings is 2. The van der Waals surface area contributed by atoms with E-state index in [1.807, 2.05) is 12.1 Å². The van der Waals surface area contributed by atoms with Crippen molar-refractivity contribution in [1.82, 2.24) is 0 Å². The molecular formula is C15H16O3. The van der Waals surface area contributed by atoms with Crippen molar-refractivity contribution >= 4 is 0 Å². The van der Waals surface area contributed by atoms with E-state index in [4.69, 9.17) is 0 Å². The highest BCUT2D eigenvalue weighted by Gasteiger charge is 2.08. The SMILES string of the molecule is CCCc1ccc(O)c(-c2cc(O)cc(O)c2)c1. The van der Waals surface area contributed by atoms with Crippen molar-refractivity contribution < 1.29 is 15.3 Å². The summed E-state index contributed by atoms with van der Waals surface area (Å²) in [4.78, 5) is 0. The van der Waals surface area contributed by atoms with Gasteiger partial charge < -0.3 is 15.3 Å². The summed E-state index contributed by atoms with van der Waals surface area (Å²) in [5.74, 6) is 0.0930. The Labute approximate surface area is 106 Å². The standard InChI is InChI=1S/C15H16O3/c1-2-3-10-4-5-15(18)14(6-10)11-7-12(16)9-13(17)8-11/h4-9,16-18H,2-3H2,1H3. The number of hydrogen-bond donors (Lipinski definition) is 3. The Bertz CT molecular complexity index is 541. The average Bonchev–Trinajstić information content (AvgIpc) is 2.30. The summed E-state index contributed by atoms with van der Waals surface area (Å²) < 4.78 is 0. The second kappa shape index (κ2) is 5.00. The van der Waals surface area contributed by atoms with E-state index in [9.17, 15) is 15.3 Å². The summed E-state index contributed by atoms with van der Waals surface area (Å²) in [7, 11) is 0. The first-order valence-electron chi connectivity index (χ1n) is 5.95. The van der Waals surface area contributed by atoms with E-state index in [-0.39, 0.29) is 17.2 Å². The molecule has 0 fully saturated rings. The highest BCUT2D eigenvalue weighted by atomic mass is 16.3. The lowest BCUT2D eigenvalue weighted by atomic mass is 9.99. The number of aromatic hydroxyl groups is 3. The smallest absolute Gasteiger partial charge is 0.123 e. The van der Waals surface area contributed by atoms with Crippen molar-refractivity contribution in [2.45, 2.75) is 19.8 Å². The molecule has 3 nitrogen and oxygen atoms in total. The summed E-state index contributed by atoms with van der Waals surface area (Å²) >= 11 is 0. The minimum atomic E-state index is -0.0229. The normalized spacial score (nSPS) is 10.5. The maximum Gasteiger partial charge on any atom is 0.123 e. The van der Waals surface area contributed by atoms with Gasteiger partial charge in [-0.3, -0.25) is 0 Å². The maximum atomic E-state index is 9.88. The van der Waals surface area contributed by atoms with Crippen LogP contribution >= 0.6 is 0 Å². The Hall–Kier alpha value is -2.16. The van der Waals surface area contributed by atoms with Gasteiger partial charge in [0.2, 0.25) is 0 Å². The fourth-order valence-corrected chi connectivity index (χ4v) is 2.01. The van der Waals surface area contributed by atoms with Crippen LogP contribution in [0.25, 0.3) is 11.1 Å². The Morgan fingerprint density at radius 3 is 2.17 bits per heavy atom. The largest absolute Gasteiger partial charge is 0.508 e. The van der Waals surface area contributed by atoms with Gasteiger partial charge in [-0.25, -0.2) is 0 Å². The summed E-state index contributed by atoms with van der Waals surface area (Å²) in [5, 5.41) is 28.8. The molecule has 0 radical (unpaired) electrons. The van der Waals surface area contributed by atoms with E-state index in [1.165, 1.54) is 18.2 Å². The lowest BCUT2D eigenvalue weighted by Gasteiger charge is -2.08. The number of hydrogen-bond acceptors (Lipinski definition) is 3. The molecule has 2 aromatic rings. The van der Waals surface area contributed by atoms with E-state index < -0.39 is 0 Å². The van der Waals surface area contributed by atoms with Gasteiger partial charge in [0.05, 0.1) is 0 Å². The quantitative estimate of drug-likeness (QED) is 0.775. The Kier molecular flexibility index (Phi) is 3.42. The van der Waals surface area contributed by atoms with Crippen LogP contribution in [0.2, 0.25) is 0 Å². The van der Waals surface area contributed by atoms with Gasteiger partial charge in [-0.05, 0) is 41.8 Å². The van der Waals surface area contributed by atoms with Crippen LogP contribution in [0.15, 0.2) is 36.4 Å². The molecule has 0 aromatic heterocycles. The third-order valence-electron chi connectivity index (χ3n) is 2.81. The van der Waals surface area contributed by atoms with Crippen molar-refractivity contribution in [3.05, 3.63) is 42.0 Å². The highest BCUT2D eigenvalue weighted by Crippen LogP contribution is 2.34. The molecular weight excluding hydrogens is 228 g/mol. The molecule has 3 heteroatoms. The van der Waals surface area contributed by atoms with Gasteiger partial charge >= 0.3 is 0 Å². The second-order valence-electron chi connectivity index (χ2n) is 4.34. The number of rotatable bonds is 3. The molecule has 2 aromatic carbocycles. The minimum Gasteiger partial charge on any atom is -0.508 e. The fraction of sp³-hybridized carbons (Fsp3) is 0.200. The van der Waals surface area contributed by atoms with Crippen LogP contribution in [0.4, 0.5) is 0 Å². The summed E-state index contributed by atoms with van der Waals surface area (Å²) in [5.41, 5.74) is 2.34. The first kappa shape index (κ1) is 12.3. The van der Waals surface area contributed by atoms with E-state index in [0.717, 1.165) is 18.4 Å². The summed E-state index contributed by atoms with van der Waals surface area (Å²) in [6.07, 6.45) is 1.95. The van der Waals surface area contributed by atoms with Gasteiger partial charge in [0.15, 0.2) is 0 Å². The van der Waals surface area contributed by atoms with Crippen LogP contribution in [-0.2, 0) is 6.42 Å². The zero-order chi connectivity index (χ0) is 13.1. The Balaban J connectivity index is 2.51. The van der Waals surface area contributed by atoms with E-state index >= 15 is 0 Å². The zero-order valence-electron chi connectivity index (χ0n) is 10.2. The first-order valence-corrected chi connectivity index (χ1v) is 5.95. The van der Waals surface area contributed by atoms with Crippen molar-refractivity contribution in [3.63, 3.8) is 0 Å². The molecule has 0 aliphatic rings. The Morgan fingerprint density at radius 2 is 1.56 bits per heavy atom. The van der Waals surface area contributed by atoms with Gasteiger partial charge in [0.1, 0.15) is 17.2 Å². The molecule has 0 aliphatic carbocycles. The van der Waals surface area contributed by atoms with Crippen LogP contribution in [0.3, 0.4) is 0 Å². The van der Waals surface area contributed by atoms with Crippen LogP contribution < -0.4 is 0 Å². The van der Waals surface area contributed by atoms with Gasteiger partial charge in [-0.2, -0.15) is 0 Å². The van der Waals surface area contributed by atoms with E-state index in [2.05, 4.69) is 6.92 Å². The summed E-state index contributed by atoms with van der Waals surface area (Å²) in [6, 6.07) is 9.70. The molecule has 0 unspecified atom stereocenters. The maximum absolute atomic E-state index is 9.88. The zero-order valence-corrected chi connectivity index (χ0v) is 10.2. The van der Waals surface area contributed by atoms with Crippen LogP contribution in [0.1, 0.15) is 18.9 Å². The molecule has 0 amide bonds. The minimum absolute atomic E-state index is 0.0229. The third-order valence-corrected chi connectivity index (χ3v) is 2.81. The van der Waals surface area contributed by atoms with Crippen molar-refractivity contribution in [3.8, 4) is 28.4 Å². The van der Waals surface area contributed by atoms with Gasteiger partial charge in [0.25, 0.3) is 0 Å². The average molecular weight is 244 g/mol.